The van der Waals surface area contributed by atoms with Crippen LogP contribution in [0.25, 0.3) is 0 Å². The maximum Gasteiger partial charge on any atom is 0.223 e. The van der Waals surface area contributed by atoms with Crippen LogP contribution in [0.4, 0.5) is 0 Å². The van der Waals surface area contributed by atoms with E-state index in [2.05, 4.69) is 35.1 Å². The van der Waals surface area contributed by atoms with Gasteiger partial charge < -0.3 is 5.32 Å². The highest BCUT2D eigenvalue weighted by Crippen LogP contribution is 2.28. The van der Waals surface area contributed by atoms with E-state index in [1.807, 2.05) is 0 Å². The summed E-state index contributed by atoms with van der Waals surface area (Å²) in [4.78, 5) is 12.4. The molecule has 0 aromatic rings. The van der Waals surface area contributed by atoms with Crippen LogP contribution in [0.5, 0.6) is 0 Å². The Morgan fingerprint density at radius 3 is 2.56 bits per heavy atom. The van der Waals surface area contributed by atoms with Crippen molar-refractivity contribution in [3.8, 4) is 0 Å². The number of carbonyl (C=O) groups is 1. The van der Waals surface area contributed by atoms with E-state index in [9.17, 15) is 4.79 Å². The van der Waals surface area contributed by atoms with Gasteiger partial charge in [-0.3, -0.25) is 4.79 Å². The van der Waals surface area contributed by atoms with Crippen LogP contribution in [0.3, 0.4) is 0 Å². The lowest BCUT2D eigenvalue weighted by Crippen LogP contribution is -2.34. The van der Waals surface area contributed by atoms with Gasteiger partial charge in [0.2, 0.25) is 5.91 Å². The predicted octanol–water partition coefficient (Wildman–Crippen LogP) is 3.49. The third kappa shape index (κ3) is 4.86. The first kappa shape index (κ1) is 14.0. The van der Waals surface area contributed by atoms with Crippen LogP contribution >= 0.6 is 15.9 Å². The highest BCUT2D eigenvalue weighted by Gasteiger charge is 2.23. The van der Waals surface area contributed by atoms with Crippen LogP contribution in [0, 0.1) is 11.8 Å². The monoisotopic (exact) mass is 289 g/mol. The Morgan fingerprint density at radius 1 is 1.38 bits per heavy atom. The van der Waals surface area contributed by atoms with E-state index in [1.165, 1.54) is 12.8 Å². The zero-order valence-corrected chi connectivity index (χ0v) is 12.1. The summed E-state index contributed by atoms with van der Waals surface area (Å²) in [5, 5.41) is 3.06. The molecule has 1 unspecified atom stereocenters. The molecule has 0 aromatic carbocycles. The van der Waals surface area contributed by atoms with E-state index < -0.39 is 0 Å². The summed E-state index contributed by atoms with van der Waals surface area (Å²) < 4.78 is 0. The molecule has 1 saturated carbocycles. The fourth-order valence-corrected chi connectivity index (χ4v) is 2.45. The lowest BCUT2D eigenvalue weighted by Gasteiger charge is -2.25. The Morgan fingerprint density at radius 2 is 2.00 bits per heavy atom. The van der Waals surface area contributed by atoms with E-state index in [1.54, 1.807) is 0 Å². The number of rotatable bonds is 5. The maximum absolute atomic E-state index is 11.8. The van der Waals surface area contributed by atoms with Crippen LogP contribution in [-0.4, -0.2) is 17.3 Å². The number of nitrogens with one attached hydrogen (secondary N) is 1. The first-order chi connectivity index (χ1) is 7.63. The van der Waals surface area contributed by atoms with Crippen LogP contribution in [0.15, 0.2) is 0 Å². The first-order valence-corrected chi connectivity index (χ1v) is 7.46. The highest BCUT2D eigenvalue weighted by molar-refractivity contribution is 9.09. The summed E-state index contributed by atoms with van der Waals surface area (Å²) in [6.45, 7) is 5.25. The second-order valence-electron chi connectivity index (χ2n) is 5.04. The quantitative estimate of drug-likeness (QED) is 0.772. The van der Waals surface area contributed by atoms with Gasteiger partial charge >= 0.3 is 0 Å². The van der Waals surface area contributed by atoms with Crippen molar-refractivity contribution in [3.63, 3.8) is 0 Å². The third-order valence-electron chi connectivity index (χ3n) is 3.59. The normalized spacial score (nSPS) is 27.4. The molecule has 3 heteroatoms. The molecule has 16 heavy (non-hydrogen) atoms. The minimum atomic E-state index is 0.280. The van der Waals surface area contributed by atoms with Gasteiger partial charge in [0.1, 0.15) is 0 Å². The van der Waals surface area contributed by atoms with Crippen LogP contribution < -0.4 is 5.32 Å². The van der Waals surface area contributed by atoms with Gasteiger partial charge in [-0.1, -0.05) is 29.8 Å². The molecule has 1 fully saturated rings. The van der Waals surface area contributed by atoms with Crippen molar-refractivity contribution in [1.82, 2.24) is 5.32 Å². The van der Waals surface area contributed by atoms with Crippen molar-refractivity contribution in [3.05, 3.63) is 0 Å². The van der Waals surface area contributed by atoms with Gasteiger partial charge in [-0.05, 0) is 44.4 Å². The molecule has 0 saturated heterocycles. The molecule has 1 atom stereocenters. The fraction of sp³-hybridized carbons (Fsp3) is 0.923. The molecule has 1 aliphatic rings. The van der Waals surface area contributed by atoms with Gasteiger partial charge in [0.25, 0.3) is 0 Å². The van der Waals surface area contributed by atoms with Gasteiger partial charge in [-0.25, -0.2) is 0 Å². The second kappa shape index (κ2) is 7.31. The molecule has 0 spiro atoms. The summed E-state index contributed by atoms with van der Waals surface area (Å²) in [5.41, 5.74) is 0. The van der Waals surface area contributed by atoms with Gasteiger partial charge in [0.15, 0.2) is 0 Å². The van der Waals surface area contributed by atoms with Crippen molar-refractivity contribution in [1.29, 1.82) is 0 Å². The zero-order valence-electron chi connectivity index (χ0n) is 10.5. The number of amides is 1. The lowest BCUT2D eigenvalue weighted by molar-refractivity contribution is -0.126. The summed E-state index contributed by atoms with van der Waals surface area (Å²) in [6.07, 6.45) is 6.75. The number of alkyl halides is 1. The Hall–Kier alpha value is -0.0500. The number of carbonyl (C=O) groups excluding carboxylic acids is 1. The number of halogens is 1. The summed E-state index contributed by atoms with van der Waals surface area (Å²) in [5.74, 6) is 1.38. The van der Waals surface area contributed by atoms with Crippen molar-refractivity contribution in [2.45, 2.75) is 57.2 Å². The molecule has 1 N–H and O–H groups in total. The van der Waals surface area contributed by atoms with Gasteiger partial charge in [0, 0.05) is 17.3 Å². The molecular formula is C13H24BrNO. The molecule has 0 radical (unpaired) electrons. The largest absolute Gasteiger partial charge is 0.356 e. The van der Waals surface area contributed by atoms with Crippen LogP contribution in [0.2, 0.25) is 0 Å². The van der Waals surface area contributed by atoms with E-state index in [4.69, 9.17) is 0 Å². The third-order valence-corrected chi connectivity index (χ3v) is 4.69. The molecule has 0 bridgehead atoms. The standard InChI is InChI=1S/C13H24BrNO/c1-3-12(14)8-9-15-13(16)11-6-4-10(2)5-7-11/h10-12H,3-9H2,1-2H3,(H,15,16). The van der Waals surface area contributed by atoms with Crippen molar-refractivity contribution >= 4 is 21.8 Å². The highest BCUT2D eigenvalue weighted by atomic mass is 79.9. The second-order valence-corrected chi connectivity index (χ2v) is 6.34. The van der Waals surface area contributed by atoms with E-state index in [0.29, 0.717) is 4.83 Å². The zero-order chi connectivity index (χ0) is 12.0. The van der Waals surface area contributed by atoms with Crippen LogP contribution in [-0.2, 0) is 4.79 Å². The van der Waals surface area contributed by atoms with E-state index in [-0.39, 0.29) is 11.8 Å². The molecule has 1 rings (SSSR count). The molecule has 0 aliphatic heterocycles. The fourth-order valence-electron chi connectivity index (χ4n) is 2.22. The summed E-state index contributed by atoms with van der Waals surface area (Å²) in [7, 11) is 0. The minimum Gasteiger partial charge on any atom is -0.356 e. The van der Waals surface area contributed by atoms with E-state index in [0.717, 1.165) is 38.1 Å². The Kier molecular flexibility index (Phi) is 6.40. The summed E-state index contributed by atoms with van der Waals surface area (Å²) >= 11 is 3.58. The van der Waals surface area contributed by atoms with Crippen molar-refractivity contribution in [2.75, 3.05) is 6.54 Å². The predicted molar refractivity (Wildman–Crippen MR) is 71.8 cm³/mol. The molecule has 2 nitrogen and oxygen atoms in total. The molecule has 0 aromatic heterocycles. The van der Waals surface area contributed by atoms with Crippen molar-refractivity contribution in [2.24, 2.45) is 11.8 Å². The molecule has 94 valence electrons. The van der Waals surface area contributed by atoms with Gasteiger partial charge in [-0.2, -0.15) is 0 Å². The molecular weight excluding hydrogens is 266 g/mol. The van der Waals surface area contributed by atoms with Crippen LogP contribution in [0.1, 0.15) is 52.4 Å². The Bertz CT molecular complexity index is 212. The Balaban J connectivity index is 2.15. The lowest BCUT2D eigenvalue weighted by atomic mass is 9.82. The molecule has 1 amide bonds. The topological polar surface area (TPSA) is 29.1 Å². The molecule has 1 aliphatic carbocycles. The molecule has 0 heterocycles. The van der Waals surface area contributed by atoms with Gasteiger partial charge in [0.05, 0.1) is 0 Å². The SMILES string of the molecule is CCC(Br)CCNC(=O)C1CCC(C)CC1. The summed E-state index contributed by atoms with van der Waals surface area (Å²) in [6, 6.07) is 0. The van der Waals surface area contributed by atoms with Gasteiger partial charge in [-0.15, -0.1) is 0 Å². The first-order valence-electron chi connectivity index (χ1n) is 6.55. The van der Waals surface area contributed by atoms with E-state index >= 15 is 0 Å². The average molecular weight is 290 g/mol. The minimum absolute atomic E-state index is 0.280. The van der Waals surface area contributed by atoms with Crippen molar-refractivity contribution < 1.29 is 4.79 Å². The Labute approximate surface area is 108 Å². The maximum atomic E-state index is 11.8. The number of hydrogen-bond donors (Lipinski definition) is 1. The average Bonchev–Trinajstić information content (AvgIpc) is 2.29. The smallest absolute Gasteiger partial charge is 0.223 e. The number of hydrogen-bond acceptors (Lipinski definition) is 1.